The highest BCUT2D eigenvalue weighted by atomic mass is 16.6. The summed E-state index contributed by atoms with van der Waals surface area (Å²) in [6.07, 6.45) is -0.727. The summed E-state index contributed by atoms with van der Waals surface area (Å²) in [5.74, 6) is -0.672. The summed E-state index contributed by atoms with van der Waals surface area (Å²) in [6, 6.07) is 13.6. The Bertz CT molecular complexity index is 680. The van der Waals surface area contributed by atoms with Crippen molar-refractivity contribution in [2.24, 2.45) is 0 Å². The number of para-hydroxylation sites is 1. The average molecular weight is 299 g/mol. The molecule has 114 valence electrons. The summed E-state index contributed by atoms with van der Waals surface area (Å²) in [5.41, 5.74) is 0.965. The summed E-state index contributed by atoms with van der Waals surface area (Å²) >= 11 is 0. The summed E-state index contributed by atoms with van der Waals surface area (Å²) in [5, 5.41) is 11.9. The number of carboxylic acids is 1. The quantitative estimate of drug-likeness (QED) is 0.890. The molecule has 0 aliphatic heterocycles. The maximum absolute atomic E-state index is 11.9. The van der Waals surface area contributed by atoms with Gasteiger partial charge in [0.05, 0.1) is 11.3 Å². The van der Waals surface area contributed by atoms with Gasteiger partial charge in [-0.05, 0) is 29.7 Å². The lowest BCUT2D eigenvalue weighted by Crippen LogP contribution is -2.19. The first kappa shape index (κ1) is 15.6. The van der Waals surface area contributed by atoms with Crippen molar-refractivity contribution in [2.75, 3.05) is 5.32 Å². The molecule has 0 aliphatic carbocycles. The monoisotopic (exact) mass is 299 g/mol. The first-order valence-corrected chi connectivity index (χ1v) is 6.89. The molecule has 22 heavy (non-hydrogen) atoms. The first-order chi connectivity index (χ1) is 10.5. The van der Waals surface area contributed by atoms with Gasteiger partial charge < -0.3 is 9.84 Å². The fourth-order valence-electron chi connectivity index (χ4n) is 2.13. The normalized spacial score (nSPS) is 10.3. The predicted molar refractivity (Wildman–Crippen MR) is 83.6 cm³/mol. The van der Waals surface area contributed by atoms with Gasteiger partial charge in [0.1, 0.15) is 5.75 Å². The number of nitrogens with one attached hydrogen (secondary N) is 1. The highest BCUT2D eigenvalue weighted by Crippen LogP contribution is 2.26. The topological polar surface area (TPSA) is 75.6 Å². The van der Waals surface area contributed by atoms with Gasteiger partial charge in [-0.1, -0.05) is 44.2 Å². The molecule has 0 saturated carbocycles. The van der Waals surface area contributed by atoms with Gasteiger partial charge in [0.15, 0.2) is 0 Å². The highest BCUT2D eigenvalue weighted by molar-refractivity contribution is 6.00. The van der Waals surface area contributed by atoms with Crippen molar-refractivity contribution in [3.63, 3.8) is 0 Å². The molecule has 0 spiro atoms. The van der Waals surface area contributed by atoms with Crippen molar-refractivity contribution in [3.8, 4) is 5.75 Å². The Morgan fingerprint density at radius 3 is 2.32 bits per heavy atom. The van der Waals surface area contributed by atoms with E-state index in [1.807, 2.05) is 13.8 Å². The van der Waals surface area contributed by atoms with Gasteiger partial charge in [-0.25, -0.2) is 9.59 Å². The zero-order valence-corrected chi connectivity index (χ0v) is 12.4. The molecule has 0 aromatic heterocycles. The molecular formula is C17H17NO4. The standard InChI is InChI=1S/C17H17NO4/c1-11(2)13-9-6-10-14(15(13)16(19)20)18-17(21)22-12-7-4-3-5-8-12/h3-11H,1-2H3,(H,18,21)(H,19,20). The molecule has 5 heteroatoms. The minimum atomic E-state index is -1.08. The van der Waals surface area contributed by atoms with Gasteiger partial charge >= 0.3 is 12.1 Å². The predicted octanol–water partition coefficient (Wildman–Crippen LogP) is 4.12. The van der Waals surface area contributed by atoms with Crippen LogP contribution in [0, 0.1) is 0 Å². The Balaban J connectivity index is 2.24. The second-order valence-corrected chi connectivity index (χ2v) is 5.06. The zero-order chi connectivity index (χ0) is 16.1. The molecule has 2 N–H and O–H groups in total. The highest BCUT2D eigenvalue weighted by Gasteiger charge is 2.19. The molecule has 0 unspecified atom stereocenters. The molecular weight excluding hydrogens is 282 g/mol. The molecule has 0 fully saturated rings. The third-order valence-corrected chi connectivity index (χ3v) is 3.12. The van der Waals surface area contributed by atoms with E-state index in [-0.39, 0.29) is 17.2 Å². The van der Waals surface area contributed by atoms with Crippen LogP contribution in [0.4, 0.5) is 10.5 Å². The number of benzene rings is 2. The van der Waals surface area contributed by atoms with Crippen molar-refractivity contribution in [1.29, 1.82) is 0 Å². The summed E-state index contributed by atoms with van der Waals surface area (Å²) in [6.45, 7) is 3.79. The molecule has 0 radical (unpaired) electrons. The summed E-state index contributed by atoms with van der Waals surface area (Å²) in [7, 11) is 0. The Labute approximate surface area is 128 Å². The minimum Gasteiger partial charge on any atom is -0.478 e. The number of carboxylic acid groups (broad SMARTS) is 1. The van der Waals surface area contributed by atoms with Crippen LogP contribution in [0.3, 0.4) is 0 Å². The van der Waals surface area contributed by atoms with Gasteiger partial charge in [0.2, 0.25) is 0 Å². The van der Waals surface area contributed by atoms with Gasteiger partial charge in [-0.15, -0.1) is 0 Å². The largest absolute Gasteiger partial charge is 0.478 e. The van der Waals surface area contributed by atoms with Crippen molar-refractivity contribution in [3.05, 3.63) is 59.7 Å². The van der Waals surface area contributed by atoms with Crippen LogP contribution in [0.2, 0.25) is 0 Å². The number of rotatable bonds is 4. The van der Waals surface area contributed by atoms with E-state index in [2.05, 4.69) is 5.32 Å². The van der Waals surface area contributed by atoms with Gasteiger partial charge in [0.25, 0.3) is 0 Å². The van der Waals surface area contributed by atoms with Crippen LogP contribution < -0.4 is 10.1 Å². The first-order valence-electron chi connectivity index (χ1n) is 6.89. The van der Waals surface area contributed by atoms with Crippen LogP contribution in [0.25, 0.3) is 0 Å². The third-order valence-electron chi connectivity index (χ3n) is 3.12. The third kappa shape index (κ3) is 3.63. The van der Waals surface area contributed by atoms with Crippen LogP contribution in [0.5, 0.6) is 5.75 Å². The number of hydrogen-bond donors (Lipinski definition) is 2. The summed E-state index contributed by atoms with van der Waals surface area (Å²) < 4.78 is 5.11. The fraction of sp³-hybridized carbons (Fsp3) is 0.176. The number of ether oxygens (including phenoxy) is 1. The molecule has 0 heterocycles. The molecule has 5 nitrogen and oxygen atoms in total. The van der Waals surface area contributed by atoms with E-state index in [4.69, 9.17) is 4.74 Å². The van der Waals surface area contributed by atoms with Crippen LogP contribution in [-0.2, 0) is 0 Å². The number of carbonyl (C=O) groups excluding carboxylic acids is 1. The maximum atomic E-state index is 11.9. The van der Waals surface area contributed by atoms with Crippen molar-refractivity contribution in [1.82, 2.24) is 0 Å². The Morgan fingerprint density at radius 1 is 1.05 bits per heavy atom. The van der Waals surface area contributed by atoms with E-state index in [1.165, 1.54) is 0 Å². The van der Waals surface area contributed by atoms with E-state index in [1.54, 1.807) is 48.5 Å². The Hall–Kier alpha value is -2.82. The fourth-order valence-corrected chi connectivity index (χ4v) is 2.13. The minimum absolute atomic E-state index is 0.0259. The van der Waals surface area contributed by atoms with Gasteiger partial charge in [0, 0.05) is 0 Å². The number of anilines is 1. The summed E-state index contributed by atoms with van der Waals surface area (Å²) in [4.78, 5) is 23.4. The van der Waals surface area contributed by atoms with E-state index >= 15 is 0 Å². The van der Waals surface area contributed by atoms with E-state index < -0.39 is 12.1 Å². The number of carbonyl (C=O) groups is 2. The van der Waals surface area contributed by atoms with Gasteiger partial charge in [-0.3, -0.25) is 5.32 Å². The van der Waals surface area contributed by atoms with Crippen molar-refractivity contribution in [2.45, 2.75) is 19.8 Å². The second-order valence-electron chi connectivity index (χ2n) is 5.06. The SMILES string of the molecule is CC(C)c1cccc(NC(=O)Oc2ccccc2)c1C(=O)O. The molecule has 2 aromatic carbocycles. The van der Waals surface area contributed by atoms with Gasteiger partial charge in [-0.2, -0.15) is 0 Å². The molecule has 2 rings (SSSR count). The lowest BCUT2D eigenvalue weighted by molar-refractivity contribution is 0.0696. The van der Waals surface area contributed by atoms with Crippen LogP contribution in [-0.4, -0.2) is 17.2 Å². The van der Waals surface area contributed by atoms with Crippen LogP contribution in [0.1, 0.15) is 35.7 Å². The molecule has 2 aromatic rings. The lowest BCUT2D eigenvalue weighted by atomic mass is 9.96. The lowest BCUT2D eigenvalue weighted by Gasteiger charge is -2.14. The molecule has 0 saturated heterocycles. The molecule has 0 atom stereocenters. The van der Waals surface area contributed by atoms with Crippen molar-refractivity contribution < 1.29 is 19.4 Å². The molecule has 0 bridgehead atoms. The number of aromatic carboxylic acids is 1. The van der Waals surface area contributed by atoms with Crippen LogP contribution in [0.15, 0.2) is 48.5 Å². The zero-order valence-electron chi connectivity index (χ0n) is 12.4. The maximum Gasteiger partial charge on any atom is 0.417 e. The smallest absolute Gasteiger partial charge is 0.417 e. The Kier molecular flexibility index (Phi) is 4.78. The molecule has 1 amide bonds. The number of amides is 1. The number of hydrogen-bond acceptors (Lipinski definition) is 3. The van der Waals surface area contributed by atoms with E-state index in [0.717, 1.165) is 0 Å². The average Bonchev–Trinajstić information content (AvgIpc) is 2.47. The van der Waals surface area contributed by atoms with E-state index in [0.29, 0.717) is 11.3 Å². The second kappa shape index (κ2) is 6.76. The van der Waals surface area contributed by atoms with Crippen molar-refractivity contribution >= 4 is 17.7 Å². The van der Waals surface area contributed by atoms with E-state index in [9.17, 15) is 14.7 Å². The Morgan fingerprint density at radius 2 is 1.73 bits per heavy atom. The molecule has 0 aliphatic rings. The van der Waals surface area contributed by atoms with Crippen LogP contribution >= 0.6 is 0 Å².